The first-order valence-corrected chi connectivity index (χ1v) is 6.85. The Labute approximate surface area is 123 Å². The van der Waals surface area contributed by atoms with Crippen molar-refractivity contribution < 1.29 is 14.5 Å². The highest BCUT2D eigenvalue weighted by atomic mass is 32.2. The van der Waals surface area contributed by atoms with Crippen molar-refractivity contribution in [2.75, 3.05) is 5.32 Å². The van der Waals surface area contributed by atoms with E-state index in [9.17, 15) is 19.7 Å². The number of thioether (sulfide) groups is 1. The zero-order valence-corrected chi connectivity index (χ0v) is 11.8. The molecule has 0 spiro atoms. The number of rotatable bonds is 3. The molecule has 0 saturated carbocycles. The molecule has 2 rings (SSSR count). The second-order valence-corrected chi connectivity index (χ2v) is 5.65. The van der Waals surface area contributed by atoms with Crippen molar-refractivity contribution in [1.29, 1.82) is 5.41 Å². The van der Waals surface area contributed by atoms with Crippen LogP contribution < -0.4 is 10.6 Å². The summed E-state index contributed by atoms with van der Waals surface area (Å²) in [5, 5.41) is 22.3. The highest BCUT2D eigenvalue weighted by Crippen LogP contribution is 2.24. The van der Waals surface area contributed by atoms with Crippen LogP contribution in [0.2, 0.25) is 0 Å². The van der Waals surface area contributed by atoms with E-state index in [4.69, 9.17) is 5.41 Å². The number of non-ortho nitro benzene ring substituents is 1. The van der Waals surface area contributed by atoms with E-state index in [1.807, 2.05) is 0 Å². The Morgan fingerprint density at radius 1 is 1.57 bits per heavy atom. The van der Waals surface area contributed by atoms with Crippen molar-refractivity contribution >= 4 is 40.1 Å². The maximum atomic E-state index is 12.1. The van der Waals surface area contributed by atoms with E-state index in [1.165, 1.54) is 18.2 Å². The summed E-state index contributed by atoms with van der Waals surface area (Å²) in [6.45, 7) is 1.64. The van der Waals surface area contributed by atoms with Gasteiger partial charge in [0, 0.05) is 24.2 Å². The molecule has 1 unspecified atom stereocenters. The van der Waals surface area contributed by atoms with E-state index in [1.54, 1.807) is 6.92 Å². The second kappa shape index (κ2) is 5.92. The number of nitrogens with one attached hydrogen (secondary N) is 3. The normalized spacial score (nSPS) is 18.0. The number of carbonyl (C=O) groups excluding carboxylic acids is 2. The number of anilines is 1. The summed E-state index contributed by atoms with van der Waals surface area (Å²) in [6.07, 6.45) is -0.00902. The number of benzene rings is 1. The highest BCUT2D eigenvalue weighted by molar-refractivity contribution is 8.15. The Bertz CT molecular complexity index is 630. The van der Waals surface area contributed by atoms with E-state index < -0.39 is 16.1 Å². The van der Waals surface area contributed by atoms with Crippen molar-refractivity contribution in [3.05, 3.63) is 33.9 Å². The molecule has 1 heterocycles. The molecular weight excluding hydrogens is 296 g/mol. The third-order valence-corrected chi connectivity index (χ3v) is 3.86. The van der Waals surface area contributed by atoms with Gasteiger partial charge in [-0.25, -0.2) is 0 Å². The molecule has 110 valence electrons. The van der Waals surface area contributed by atoms with E-state index in [-0.39, 0.29) is 23.2 Å². The van der Waals surface area contributed by atoms with Crippen LogP contribution >= 0.6 is 11.8 Å². The number of carbonyl (C=O) groups is 2. The van der Waals surface area contributed by atoms with Crippen LogP contribution in [0.5, 0.6) is 0 Å². The quantitative estimate of drug-likeness (QED) is 0.575. The maximum Gasteiger partial charge on any atom is 0.269 e. The molecule has 0 bridgehead atoms. The molecule has 21 heavy (non-hydrogen) atoms. The SMILES string of the molecule is Cc1cc([N+](=O)[O-])ccc1NC(=O)C1CC(=O)NC(=N)S1. The molecule has 1 aliphatic rings. The Hall–Kier alpha value is -2.42. The standard InChI is InChI=1S/C12H12N4O4S/c1-6-4-7(16(19)20)2-3-8(6)14-11(18)9-5-10(17)15-12(13)21-9/h2-4,9H,5H2,1H3,(H,14,18)(H2,13,15,17). The van der Waals surface area contributed by atoms with E-state index in [0.29, 0.717) is 11.3 Å². The minimum absolute atomic E-state index is 0.00902. The van der Waals surface area contributed by atoms with Gasteiger partial charge in [-0.15, -0.1) is 0 Å². The first-order chi connectivity index (χ1) is 9.86. The van der Waals surface area contributed by atoms with Gasteiger partial charge in [-0.1, -0.05) is 11.8 Å². The van der Waals surface area contributed by atoms with Crippen LogP contribution in [0.4, 0.5) is 11.4 Å². The van der Waals surface area contributed by atoms with Gasteiger partial charge in [0.25, 0.3) is 5.69 Å². The molecule has 1 aliphatic heterocycles. The van der Waals surface area contributed by atoms with Crippen molar-refractivity contribution in [2.24, 2.45) is 0 Å². The van der Waals surface area contributed by atoms with Crippen molar-refractivity contribution in [3.63, 3.8) is 0 Å². The van der Waals surface area contributed by atoms with E-state index in [0.717, 1.165) is 11.8 Å². The minimum Gasteiger partial charge on any atom is -0.325 e. The van der Waals surface area contributed by atoms with Crippen LogP contribution in [-0.2, 0) is 9.59 Å². The first-order valence-electron chi connectivity index (χ1n) is 5.98. The summed E-state index contributed by atoms with van der Waals surface area (Å²) in [4.78, 5) is 33.5. The smallest absolute Gasteiger partial charge is 0.269 e. The number of hydrogen-bond acceptors (Lipinski definition) is 6. The fourth-order valence-corrected chi connectivity index (χ4v) is 2.68. The van der Waals surface area contributed by atoms with Crippen LogP contribution in [0.1, 0.15) is 12.0 Å². The molecular formula is C12H12N4O4S. The molecule has 1 aromatic carbocycles. The average Bonchev–Trinajstić information content (AvgIpc) is 2.39. The molecule has 1 fully saturated rings. The summed E-state index contributed by atoms with van der Waals surface area (Å²) in [7, 11) is 0. The Morgan fingerprint density at radius 2 is 2.29 bits per heavy atom. The Kier molecular flexibility index (Phi) is 4.22. The molecule has 0 aromatic heterocycles. The highest BCUT2D eigenvalue weighted by Gasteiger charge is 2.29. The number of nitrogens with zero attached hydrogens (tertiary/aromatic N) is 1. The summed E-state index contributed by atoms with van der Waals surface area (Å²) in [5.41, 5.74) is 0.945. The number of aryl methyl sites for hydroxylation is 1. The van der Waals surface area contributed by atoms with Gasteiger partial charge >= 0.3 is 0 Å². The van der Waals surface area contributed by atoms with E-state index in [2.05, 4.69) is 10.6 Å². The summed E-state index contributed by atoms with van der Waals surface area (Å²) < 4.78 is 0. The molecule has 0 aliphatic carbocycles. The van der Waals surface area contributed by atoms with Crippen LogP contribution in [0.25, 0.3) is 0 Å². The average molecular weight is 308 g/mol. The van der Waals surface area contributed by atoms with E-state index >= 15 is 0 Å². The first kappa shape index (κ1) is 15.0. The lowest BCUT2D eigenvalue weighted by molar-refractivity contribution is -0.384. The predicted molar refractivity (Wildman–Crippen MR) is 78.3 cm³/mol. The molecule has 1 atom stereocenters. The monoisotopic (exact) mass is 308 g/mol. The Morgan fingerprint density at radius 3 is 2.86 bits per heavy atom. The lowest BCUT2D eigenvalue weighted by Crippen LogP contribution is -2.41. The van der Waals surface area contributed by atoms with Crippen molar-refractivity contribution in [2.45, 2.75) is 18.6 Å². The molecule has 0 radical (unpaired) electrons. The molecule has 3 N–H and O–H groups in total. The second-order valence-electron chi connectivity index (χ2n) is 4.43. The number of nitro groups is 1. The summed E-state index contributed by atoms with van der Waals surface area (Å²) in [6, 6.07) is 4.11. The van der Waals surface area contributed by atoms with Crippen molar-refractivity contribution in [3.8, 4) is 0 Å². The third kappa shape index (κ3) is 3.57. The van der Waals surface area contributed by atoms with Gasteiger partial charge in [0.2, 0.25) is 11.8 Å². The summed E-state index contributed by atoms with van der Waals surface area (Å²) in [5.74, 6) is -0.782. The van der Waals surface area contributed by atoms with Gasteiger partial charge in [-0.05, 0) is 18.6 Å². The maximum absolute atomic E-state index is 12.1. The zero-order valence-electron chi connectivity index (χ0n) is 11.0. The third-order valence-electron chi connectivity index (χ3n) is 2.85. The number of amides is 2. The van der Waals surface area contributed by atoms with Crippen LogP contribution in [0.15, 0.2) is 18.2 Å². The molecule has 2 amide bonds. The fraction of sp³-hybridized carbons (Fsp3) is 0.250. The van der Waals surface area contributed by atoms with Gasteiger partial charge in [-0.3, -0.25) is 25.1 Å². The molecule has 1 aromatic rings. The van der Waals surface area contributed by atoms with Gasteiger partial charge in [0.1, 0.15) is 5.25 Å². The van der Waals surface area contributed by atoms with Crippen LogP contribution in [0.3, 0.4) is 0 Å². The molecule has 1 saturated heterocycles. The fourth-order valence-electron chi connectivity index (χ4n) is 1.82. The number of hydrogen-bond donors (Lipinski definition) is 3. The van der Waals surface area contributed by atoms with Crippen LogP contribution in [0, 0.1) is 22.4 Å². The number of nitro benzene ring substituents is 1. The summed E-state index contributed by atoms with van der Waals surface area (Å²) >= 11 is 0.962. The van der Waals surface area contributed by atoms with Crippen LogP contribution in [-0.4, -0.2) is 27.2 Å². The van der Waals surface area contributed by atoms with Crippen molar-refractivity contribution in [1.82, 2.24) is 5.32 Å². The van der Waals surface area contributed by atoms with Gasteiger partial charge in [0.15, 0.2) is 5.17 Å². The lowest BCUT2D eigenvalue weighted by Gasteiger charge is -2.21. The molecule has 8 nitrogen and oxygen atoms in total. The zero-order chi connectivity index (χ0) is 15.6. The minimum atomic E-state index is -0.680. The predicted octanol–water partition coefficient (Wildman–Crippen LogP) is 1.40. The topological polar surface area (TPSA) is 125 Å². The molecule has 9 heteroatoms. The largest absolute Gasteiger partial charge is 0.325 e. The Balaban J connectivity index is 2.11. The van der Waals surface area contributed by atoms with Gasteiger partial charge in [-0.2, -0.15) is 0 Å². The van der Waals surface area contributed by atoms with Gasteiger partial charge in [0.05, 0.1) is 4.92 Å². The number of amidine groups is 1. The lowest BCUT2D eigenvalue weighted by atomic mass is 10.1. The van der Waals surface area contributed by atoms with Gasteiger partial charge < -0.3 is 10.6 Å².